The minimum Gasteiger partial charge on any atom is -0.465 e. The molecule has 0 radical (unpaired) electrons. The topological polar surface area (TPSA) is 83.6 Å². The third kappa shape index (κ3) is 5.31. The van der Waals surface area contributed by atoms with Crippen molar-refractivity contribution in [3.8, 4) is 0 Å². The van der Waals surface area contributed by atoms with Crippen LogP contribution in [0.5, 0.6) is 0 Å². The molecule has 14 heavy (non-hydrogen) atoms. The Kier molecular flexibility index (Phi) is 6.39. The number of allylic oxidation sites excluding steroid dienone is 1. The molecule has 0 bridgehead atoms. The van der Waals surface area contributed by atoms with Crippen LogP contribution in [0.1, 0.15) is 13.3 Å². The number of nitrogens with zero attached hydrogens (tertiary/aromatic N) is 1. The van der Waals surface area contributed by atoms with E-state index in [1.165, 1.54) is 0 Å². The van der Waals surface area contributed by atoms with Crippen LogP contribution in [0.3, 0.4) is 0 Å². The summed E-state index contributed by atoms with van der Waals surface area (Å²) in [5.74, 6) is 0. The number of aldehydes is 1. The van der Waals surface area contributed by atoms with E-state index in [-0.39, 0.29) is 19.1 Å². The van der Waals surface area contributed by atoms with Crippen molar-refractivity contribution in [2.45, 2.75) is 19.4 Å². The zero-order chi connectivity index (χ0) is 11.0. The van der Waals surface area contributed by atoms with E-state index in [0.29, 0.717) is 6.29 Å². The van der Waals surface area contributed by atoms with Crippen LogP contribution in [0.15, 0.2) is 12.2 Å². The highest BCUT2D eigenvalue weighted by Crippen LogP contribution is 1.93. The largest absolute Gasteiger partial charge is 0.465 e. The van der Waals surface area contributed by atoms with Crippen molar-refractivity contribution in [3.63, 3.8) is 0 Å². The van der Waals surface area contributed by atoms with Crippen LogP contribution in [0.4, 0.5) is 4.79 Å². The van der Waals surface area contributed by atoms with Gasteiger partial charge in [0.25, 0.3) is 0 Å². The van der Waals surface area contributed by atoms with Gasteiger partial charge in [-0.25, -0.2) is 4.79 Å². The van der Waals surface area contributed by atoms with Crippen LogP contribution in [0.2, 0.25) is 0 Å². The number of hydrogen-bond acceptors (Lipinski definition) is 3. The molecular formula is C9H16N2O3. The lowest BCUT2D eigenvalue weighted by Crippen LogP contribution is -2.40. The molecule has 0 aliphatic rings. The fourth-order valence-corrected chi connectivity index (χ4v) is 0.947. The maximum atomic E-state index is 10.6. The van der Waals surface area contributed by atoms with Gasteiger partial charge in [-0.3, -0.25) is 4.90 Å². The quantitative estimate of drug-likeness (QED) is 0.482. The molecule has 0 aromatic rings. The van der Waals surface area contributed by atoms with Crippen molar-refractivity contribution >= 4 is 12.4 Å². The van der Waals surface area contributed by atoms with E-state index in [9.17, 15) is 9.59 Å². The standard InChI is InChI=1S/C9H16N2O3/c1-2-3-4-8(10)7-11(5-6-12)9(13)14/h3-4,6,8H,2,5,7,10H2,1H3,(H,13,14). The maximum Gasteiger partial charge on any atom is 0.407 e. The van der Waals surface area contributed by atoms with Gasteiger partial charge in [-0.1, -0.05) is 19.1 Å². The second-order valence-corrected chi connectivity index (χ2v) is 2.85. The van der Waals surface area contributed by atoms with E-state index < -0.39 is 6.09 Å². The maximum absolute atomic E-state index is 10.6. The first-order valence-corrected chi connectivity index (χ1v) is 4.45. The second kappa shape index (κ2) is 7.08. The average Bonchev–Trinajstić information content (AvgIpc) is 2.14. The highest BCUT2D eigenvalue weighted by molar-refractivity contribution is 5.69. The summed E-state index contributed by atoms with van der Waals surface area (Å²) in [6, 6.07) is -0.356. The lowest BCUT2D eigenvalue weighted by atomic mass is 10.2. The Morgan fingerprint density at radius 3 is 2.71 bits per heavy atom. The Hall–Kier alpha value is -1.36. The Labute approximate surface area is 83.2 Å². The van der Waals surface area contributed by atoms with Crippen molar-refractivity contribution in [1.29, 1.82) is 0 Å². The molecule has 1 atom stereocenters. The molecule has 5 nitrogen and oxygen atoms in total. The molecular weight excluding hydrogens is 184 g/mol. The molecule has 0 rings (SSSR count). The van der Waals surface area contributed by atoms with Gasteiger partial charge in [0.1, 0.15) is 6.29 Å². The Morgan fingerprint density at radius 2 is 2.29 bits per heavy atom. The SMILES string of the molecule is CCC=CC(N)CN(CC=O)C(=O)O. The van der Waals surface area contributed by atoms with Crippen molar-refractivity contribution in [3.05, 3.63) is 12.2 Å². The van der Waals surface area contributed by atoms with Gasteiger partial charge in [0, 0.05) is 12.6 Å². The summed E-state index contributed by atoms with van der Waals surface area (Å²) in [6.07, 6.45) is 3.88. The number of nitrogens with two attached hydrogens (primary N) is 1. The Balaban J connectivity index is 4.08. The summed E-state index contributed by atoms with van der Waals surface area (Å²) >= 11 is 0. The van der Waals surface area contributed by atoms with Crippen molar-refractivity contribution in [2.75, 3.05) is 13.1 Å². The third-order valence-corrected chi connectivity index (χ3v) is 1.62. The molecule has 0 saturated carbocycles. The number of carboxylic acid groups (broad SMARTS) is 1. The first-order chi connectivity index (χ1) is 6.61. The van der Waals surface area contributed by atoms with Crippen LogP contribution in [0.25, 0.3) is 0 Å². The van der Waals surface area contributed by atoms with Gasteiger partial charge in [-0.2, -0.15) is 0 Å². The van der Waals surface area contributed by atoms with E-state index in [0.717, 1.165) is 11.3 Å². The van der Waals surface area contributed by atoms with Gasteiger partial charge < -0.3 is 15.6 Å². The number of carbonyl (C=O) groups excluding carboxylic acids is 1. The molecule has 0 aliphatic carbocycles. The molecule has 80 valence electrons. The normalized spacial score (nSPS) is 12.7. The summed E-state index contributed by atoms with van der Waals surface area (Å²) in [5.41, 5.74) is 5.62. The summed E-state index contributed by atoms with van der Waals surface area (Å²) < 4.78 is 0. The zero-order valence-electron chi connectivity index (χ0n) is 8.22. The molecule has 0 aliphatic heterocycles. The number of hydrogen-bond donors (Lipinski definition) is 2. The van der Waals surface area contributed by atoms with Crippen LogP contribution in [0, 0.1) is 0 Å². The van der Waals surface area contributed by atoms with Crippen LogP contribution < -0.4 is 5.73 Å². The molecule has 5 heteroatoms. The lowest BCUT2D eigenvalue weighted by molar-refractivity contribution is -0.108. The van der Waals surface area contributed by atoms with E-state index in [2.05, 4.69) is 0 Å². The molecule has 0 heterocycles. The summed E-state index contributed by atoms with van der Waals surface area (Å²) in [6.45, 7) is 1.97. The van der Waals surface area contributed by atoms with Gasteiger partial charge >= 0.3 is 6.09 Å². The second-order valence-electron chi connectivity index (χ2n) is 2.85. The Morgan fingerprint density at radius 1 is 1.64 bits per heavy atom. The average molecular weight is 200 g/mol. The number of carbonyl (C=O) groups is 2. The van der Waals surface area contributed by atoms with Crippen LogP contribution >= 0.6 is 0 Å². The van der Waals surface area contributed by atoms with E-state index in [1.807, 2.05) is 13.0 Å². The smallest absolute Gasteiger partial charge is 0.407 e. The third-order valence-electron chi connectivity index (χ3n) is 1.62. The van der Waals surface area contributed by atoms with Gasteiger partial charge in [-0.15, -0.1) is 0 Å². The predicted octanol–water partition coefficient (Wildman–Crippen LogP) is 0.459. The molecule has 0 aromatic carbocycles. The molecule has 0 fully saturated rings. The van der Waals surface area contributed by atoms with Crippen molar-refractivity contribution in [1.82, 2.24) is 4.90 Å². The van der Waals surface area contributed by atoms with E-state index in [1.54, 1.807) is 6.08 Å². The first-order valence-electron chi connectivity index (χ1n) is 4.45. The van der Waals surface area contributed by atoms with Crippen molar-refractivity contribution < 1.29 is 14.7 Å². The van der Waals surface area contributed by atoms with Crippen molar-refractivity contribution in [2.24, 2.45) is 5.73 Å². The lowest BCUT2D eigenvalue weighted by Gasteiger charge is -2.18. The van der Waals surface area contributed by atoms with E-state index in [4.69, 9.17) is 10.8 Å². The number of amides is 1. The highest BCUT2D eigenvalue weighted by atomic mass is 16.4. The molecule has 3 N–H and O–H groups in total. The summed E-state index contributed by atoms with van der Waals surface area (Å²) in [5, 5.41) is 8.67. The van der Waals surface area contributed by atoms with E-state index >= 15 is 0 Å². The molecule has 0 aromatic heterocycles. The monoisotopic (exact) mass is 200 g/mol. The molecule has 1 amide bonds. The minimum atomic E-state index is -1.13. The summed E-state index contributed by atoms with van der Waals surface area (Å²) in [4.78, 5) is 21.7. The van der Waals surface area contributed by atoms with Crippen LogP contribution in [-0.4, -0.2) is 41.5 Å². The molecule has 0 saturated heterocycles. The fraction of sp³-hybridized carbons (Fsp3) is 0.556. The van der Waals surface area contributed by atoms with Crippen LogP contribution in [-0.2, 0) is 4.79 Å². The highest BCUT2D eigenvalue weighted by Gasteiger charge is 2.12. The fourth-order valence-electron chi connectivity index (χ4n) is 0.947. The first kappa shape index (κ1) is 12.6. The van der Waals surface area contributed by atoms with Gasteiger partial charge in [0.05, 0.1) is 6.54 Å². The van der Waals surface area contributed by atoms with Gasteiger partial charge in [0.15, 0.2) is 0 Å². The summed E-state index contributed by atoms with van der Waals surface area (Å²) in [7, 11) is 0. The Bertz CT molecular complexity index is 216. The number of rotatable bonds is 6. The minimum absolute atomic E-state index is 0.136. The van der Waals surface area contributed by atoms with Gasteiger partial charge in [0.2, 0.25) is 0 Å². The zero-order valence-corrected chi connectivity index (χ0v) is 8.22. The molecule has 0 spiro atoms. The van der Waals surface area contributed by atoms with Gasteiger partial charge in [-0.05, 0) is 6.42 Å². The predicted molar refractivity (Wildman–Crippen MR) is 53.1 cm³/mol. The molecule has 1 unspecified atom stereocenters.